The first kappa shape index (κ1) is 15.2. The fraction of sp³-hybridized carbons (Fsp3) is 0.308. The minimum absolute atomic E-state index is 0.0966. The lowest BCUT2D eigenvalue weighted by molar-refractivity contribution is 0.577. The molecule has 1 unspecified atom stereocenters. The molecule has 1 aromatic heterocycles. The van der Waals surface area contributed by atoms with Gasteiger partial charge in [-0.05, 0) is 31.2 Å². The Kier molecular flexibility index (Phi) is 4.35. The van der Waals surface area contributed by atoms with E-state index in [1.807, 2.05) is 6.07 Å². The molecule has 0 aliphatic rings. The fourth-order valence-corrected chi connectivity index (χ4v) is 2.91. The smallest absolute Gasteiger partial charge is 0.180 e. The first-order chi connectivity index (χ1) is 9.92. The lowest BCUT2D eigenvalue weighted by atomic mass is 10.2. The van der Waals surface area contributed by atoms with Gasteiger partial charge in [-0.25, -0.2) is 13.4 Å². The van der Waals surface area contributed by atoms with Crippen molar-refractivity contribution < 1.29 is 8.42 Å². The quantitative estimate of drug-likeness (QED) is 0.867. The zero-order chi connectivity index (χ0) is 15.5. The lowest BCUT2D eigenvalue weighted by Crippen LogP contribution is -2.14. The summed E-state index contributed by atoms with van der Waals surface area (Å²) in [7, 11) is -3.42. The molecule has 1 aromatic carbocycles. The van der Waals surface area contributed by atoms with Crippen LogP contribution in [-0.4, -0.2) is 28.9 Å². The van der Waals surface area contributed by atoms with Crippen molar-refractivity contribution in [1.29, 1.82) is 5.26 Å². The van der Waals surface area contributed by atoms with Crippen molar-refractivity contribution in [2.75, 3.05) is 5.75 Å². The highest BCUT2D eigenvalue weighted by Gasteiger charge is 2.15. The Morgan fingerprint density at radius 1 is 1.38 bits per heavy atom. The van der Waals surface area contributed by atoms with Gasteiger partial charge < -0.3 is 5.73 Å². The van der Waals surface area contributed by atoms with E-state index < -0.39 is 9.84 Å². The van der Waals surface area contributed by atoms with Crippen molar-refractivity contribution in [3.05, 3.63) is 42.0 Å². The molecule has 0 bridgehead atoms. The molecule has 0 aliphatic heterocycles. The number of rotatable bonds is 5. The molecule has 0 saturated heterocycles. The van der Waals surface area contributed by atoms with Gasteiger partial charge in [-0.15, -0.1) is 0 Å². The van der Waals surface area contributed by atoms with Crippen LogP contribution in [0.4, 0.5) is 0 Å². The van der Waals surface area contributed by atoms with Gasteiger partial charge in [0, 0.05) is 0 Å². The van der Waals surface area contributed by atoms with Gasteiger partial charge in [0.1, 0.15) is 6.33 Å². The number of aryl methyl sites for hydroxylation is 1. The Bertz CT molecular complexity index is 757. The van der Waals surface area contributed by atoms with Gasteiger partial charge in [-0.3, -0.25) is 4.68 Å². The summed E-state index contributed by atoms with van der Waals surface area (Å²) in [5.74, 6) is 0.381. The minimum Gasteiger partial charge on any atom is -0.321 e. The number of sulfone groups is 1. The predicted molar refractivity (Wildman–Crippen MR) is 75.8 cm³/mol. The van der Waals surface area contributed by atoms with Gasteiger partial charge in [0.2, 0.25) is 0 Å². The first-order valence-corrected chi connectivity index (χ1v) is 7.95. The van der Waals surface area contributed by atoms with Crippen molar-refractivity contribution in [2.24, 2.45) is 5.73 Å². The third-order valence-corrected chi connectivity index (χ3v) is 4.60. The van der Waals surface area contributed by atoms with E-state index in [2.05, 4.69) is 10.1 Å². The van der Waals surface area contributed by atoms with Crippen molar-refractivity contribution in [2.45, 2.75) is 24.4 Å². The van der Waals surface area contributed by atoms with Gasteiger partial charge >= 0.3 is 0 Å². The van der Waals surface area contributed by atoms with Crippen LogP contribution in [0.2, 0.25) is 0 Å². The third-order valence-electron chi connectivity index (χ3n) is 2.89. The standard InChI is InChI=1S/C13H15N5O2S/c1-10(15)13-16-9-18(17-13)6-7-21(19,20)12-4-2-11(8-14)3-5-12/h2-5,9-10H,6-7,15H2,1H3. The van der Waals surface area contributed by atoms with Crippen LogP contribution in [0.3, 0.4) is 0 Å². The number of nitrogens with zero attached hydrogens (tertiary/aromatic N) is 4. The fourth-order valence-electron chi connectivity index (χ4n) is 1.69. The van der Waals surface area contributed by atoms with Crippen LogP contribution in [0, 0.1) is 11.3 Å². The topological polar surface area (TPSA) is 115 Å². The van der Waals surface area contributed by atoms with E-state index >= 15 is 0 Å². The van der Waals surface area contributed by atoms with Gasteiger partial charge in [-0.2, -0.15) is 10.4 Å². The molecule has 2 rings (SSSR count). The number of nitriles is 1. The predicted octanol–water partition coefficient (Wildman–Crippen LogP) is 0.643. The van der Waals surface area contributed by atoms with Crippen LogP contribution in [0.5, 0.6) is 0 Å². The van der Waals surface area contributed by atoms with Crippen LogP contribution in [0.25, 0.3) is 0 Å². The van der Waals surface area contributed by atoms with E-state index in [1.54, 1.807) is 6.92 Å². The van der Waals surface area contributed by atoms with E-state index in [9.17, 15) is 8.42 Å². The Hall–Kier alpha value is -2.24. The molecule has 2 N–H and O–H groups in total. The molecule has 7 nitrogen and oxygen atoms in total. The van der Waals surface area contributed by atoms with Crippen LogP contribution in [0.1, 0.15) is 24.4 Å². The van der Waals surface area contributed by atoms with E-state index in [0.29, 0.717) is 11.4 Å². The molecule has 0 fully saturated rings. The SMILES string of the molecule is CC(N)c1ncn(CCS(=O)(=O)c2ccc(C#N)cc2)n1. The minimum atomic E-state index is -3.42. The van der Waals surface area contributed by atoms with Crippen LogP contribution < -0.4 is 5.73 Å². The number of aromatic nitrogens is 3. The zero-order valence-corrected chi connectivity index (χ0v) is 12.3. The van der Waals surface area contributed by atoms with Crippen molar-refractivity contribution in [3.8, 4) is 6.07 Å². The molecule has 110 valence electrons. The second-order valence-corrected chi connectivity index (χ2v) is 6.72. The third kappa shape index (κ3) is 3.65. The van der Waals surface area contributed by atoms with E-state index in [4.69, 9.17) is 11.0 Å². The Morgan fingerprint density at radius 3 is 2.57 bits per heavy atom. The van der Waals surface area contributed by atoms with Crippen LogP contribution >= 0.6 is 0 Å². The maximum Gasteiger partial charge on any atom is 0.180 e. The maximum absolute atomic E-state index is 12.2. The monoisotopic (exact) mass is 305 g/mol. The summed E-state index contributed by atoms with van der Waals surface area (Å²) in [5, 5.41) is 12.8. The van der Waals surface area contributed by atoms with Gasteiger partial charge in [0.05, 0.1) is 34.9 Å². The normalized spacial score (nSPS) is 12.8. The lowest BCUT2D eigenvalue weighted by Gasteiger charge is -2.04. The van der Waals surface area contributed by atoms with E-state index in [-0.39, 0.29) is 23.2 Å². The molecular weight excluding hydrogens is 290 g/mol. The summed E-state index contributed by atoms with van der Waals surface area (Å²) < 4.78 is 25.8. The van der Waals surface area contributed by atoms with Crippen LogP contribution in [0.15, 0.2) is 35.5 Å². The largest absolute Gasteiger partial charge is 0.321 e. The second kappa shape index (κ2) is 6.03. The van der Waals surface area contributed by atoms with E-state index in [1.165, 1.54) is 35.3 Å². The molecule has 1 atom stereocenters. The zero-order valence-electron chi connectivity index (χ0n) is 11.5. The average molecular weight is 305 g/mol. The second-order valence-electron chi connectivity index (χ2n) is 4.61. The Balaban J connectivity index is 2.08. The van der Waals surface area contributed by atoms with Crippen molar-refractivity contribution in [3.63, 3.8) is 0 Å². The Morgan fingerprint density at radius 2 is 2.05 bits per heavy atom. The Labute approximate surface area is 122 Å². The molecule has 0 amide bonds. The molecule has 0 saturated carbocycles. The molecule has 0 spiro atoms. The molecular formula is C13H15N5O2S. The van der Waals surface area contributed by atoms with Gasteiger partial charge in [0.15, 0.2) is 15.7 Å². The molecule has 8 heteroatoms. The van der Waals surface area contributed by atoms with E-state index in [0.717, 1.165) is 0 Å². The number of benzene rings is 1. The average Bonchev–Trinajstić information content (AvgIpc) is 2.94. The summed E-state index contributed by atoms with van der Waals surface area (Å²) in [6.07, 6.45) is 1.47. The highest BCUT2D eigenvalue weighted by Crippen LogP contribution is 2.12. The summed E-state index contributed by atoms with van der Waals surface area (Å²) in [6, 6.07) is 7.49. The molecule has 2 aromatic rings. The first-order valence-electron chi connectivity index (χ1n) is 6.30. The summed E-state index contributed by atoms with van der Waals surface area (Å²) in [6.45, 7) is 1.95. The van der Waals surface area contributed by atoms with Crippen molar-refractivity contribution >= 4 is 9.84 Å². The molecule has 0 radical (unpaired) electrons. The summed E-state index contributed by atoms with van der Waals surface area (Å²) in [4.78, 5) is 4.20. The highest BCUT2D eigenvalue weighted by molar-refractivity contribution is 7.91. The molecule has 0 aliphatic carbocycles. The van der Waals surface area contributed by atoms with Gasteiger partial charge in [0.25, 0.3) is 0 Å². The summed E-state index contributed by atoms with van der Waals surface area (Å²) in [5.41, 5.74) is 6.07. The number of hydrogen-bond donors (Lipinski definition) is 1. The number of nitrogens with two attached hydrogens (primary N) is 1. The van der Waals surface area contributed by atoms with Gasteiger partial charge in [-0.1, -0.05) is 0 Å². The molecule has 21 heavy (non-hydrogen) atoms. The van der Waals surface area contributed by atoms with Crippen molar-refractivity contribution in [1.82, 2.24) is 14.8 Å². The summed E-state index contributed by atoms with van der Waals surface area (Å²) >= 11 is 0. The maximum atomic E-state index is 12.2. The van der Waals surface area contributed by atoms with Crippen LogP contribution in [-0.2, 0) is 16.4 Å². The molecule has 1 heterocycles. The number of hydrogen-bond acceptors (Lipinski definition) is 6. The highest BCUT2D eigenvalue weighted by atomic mass is 32.2.